The molecule has 0 heterocycles. The van der Waals surface area contributed by atoms with Crippen molar-refractivity contribution in [1.82, 2.24) is 0 Å². The number of hydrogen-bond donors (Lipinski definition) is 0. The Hall–Kier alpha value is -1.12. The molecular weight excluding hydrogens is 253 g/mol. The summed E-state index contributed by atoms with van der Waals surface area (Å²) in [6.45, 7) is 0. The Morgan fingerprint density at radius 1 is 0.875 bits per heavy atom. The van der Waals surface area contributed by atoms with E-state index in [1.807, 2.05) is 0 Å². The Balaban J connectivity index is 2.59. The molecule has 2 rings (SSSR count). The first kappa shape index (κ1) is 11.4. The lowest BCUT2D eigenvalue weighted by Gasteiger charge is -2.06. The van der Waals surface area contributed by atoms with Crippen LogP contribution in [0, 0.1) is 11.6 Å². The van der Waals surface area contributed by atoms with Gasteiger partial charge in [-0.05, 0) is 23.8 Å². The van der Waals surface area contributed by atoms with Crippen molar-refractivity contribution in [1.29, 1.82) is 0 Å². The van der Waals surface area contributed by atoms with Crippen molar-refractivity contribution < 1.29 is 8.78 Å². The van der Waals surface area contributed by atoms with E-state index < -0.39 is 11.6 Å². The molecular formula is C12H6Cl2F2. The van der Waals surface area contributed by atoms with Crippen molar-refractivity contribution in [2.45, 2.75) is 0 Å². The Morgan fingerprint density at radius 3 is 2.31 bits per heavy atom. The molecule has 0 saturated heterocycles. The van der Waals surface area contributed by atoms with Crippen molar-refractivity contribution in [3.63, 3.8) is 0 Å². The molecule has 0 amide bonds. The van der Waals surface area contributed by atoms with Gasteiger partial charge in [0.15, 0.2) is 11.6 Å². The van der Waals surface area contributed by atoms with Crippen LogP contribution in [0.1, 0.15) is 0 Å². The van der Waals surface area contributed by atoms with Gasteiger partial charge in [0.25, 0.3) is 0 Å². The molecule has 2 aromatic carbocycles. The zero-order valence-electron chi connectivity index (χ0n) is 7.98. The van der Waals surface area contributed by atoms with Crippen LogP contribution in [0.15, 0.2) is 36.4 Å². The number of benzene rings is 2. The molecule has 0 aliphatic carbocycles. The predicted molar refractivity (Wildman–Crippen MR) is 61.8 cm³/mol. The van der Waals surface area contributed by atoms with Crippen LogP contribution < -0.4 is 0 Å². The quantitative estimate of drug-likeness (QED) is 0.680. The zero-order chi connectivity index (χ0) is 11.7. The Morgan fingerprint density at radius 2 is 1.62 bits per heavy atom. The van der Waals surface area contributed by atoms with Gasteiger partial charge in [-0.25, -0.2) is 8.78 Å². The van der Waals surface area contributed by atoms with E-state index in [4.69, 9.17) is 23.2 Å². The van der Waals surface area contributed by atoms with Crippen LogP contribution in [-0.4, -0.2) is 0 Å². The molecule has 0 nitrogen and oxygen atoms in total. The first-order chi connectivity index (χ1) is 7.59. The number of hydrogen-bond acceptors (Lipinski definition) is 0. The minimum Gasteiger partial charge on any atom is -0.204 e. The smallest absolute Gasteiger partial charge is 0.159 e. The minimum atomic E-state index is -0.909. The molecule has 0 aromatic heterocycles. The van der Waals surface area contributed by atoms with Crippen molar-refractivity contribution in [2.24, 2.45) is 0 Å². The molecule has 4 heteroatoms. The molecule has 0 atom stereocenters. The third-order valence-electron chi connectivity index (χ3n) is 2.18. The SMILES string of the molecule is Fc1ccc(-c2cccc(Cl)c2Cl)cc1F. The summed E-state index contributed by atoms with van der Waals surface area (Å²) in [4.78, 5) is 0. The largest absolute Gasteiger partial charge is 0.204 e. The van der Waals surface area contributed by atoms with Crippen LogP contribution in [0.25, 0.3) is 11.1 Å². The lowest BCUT2D eigenvalue weighted by molar-refractivity contribution is 0.509. The van der Waals surface area contributed by atoms with Gasteiger partial charge in [-0.2, -0.15) is 0 Å². The van der Waals surface area contributed by atoms with Crippen LogP contribution in [0.2, 0.25) is 10.0 Å². The van der Waals surface area contributed by atoms with Gasteiger partial charge in [0.2, 0.25) is 0 Å². The molecule has 0 N–H and O–H groups in total. The van der Waals surface area contributed by atoms with E-state index in [1.54, 1.807) is 18.2 Å². The molecule has 0 radical (unpaired) electrons. The molecule has 0 spiro atoms. The molecule has 82 valence electrons. The van der Waals surface area contributed by atoms with Crippen LogP contribution in [0.4, 0.5) is 8.78 Å². The summed E-state index contributed by atoms with van der Waals surface area (Å²) in [6.07, 6.45) is 0. The minimum absolute atomic E-state index is 0.329. The third-order valence-corrected chi connectivity index (χ3v) is 3.00. The maximum Gasteiger partial charge on any atom is 0.159 e. The van der Waals surface area contributed by atoms with E-state index in [9.17, 15) is 8.78 Å². The molecule has 0 saturated carbocycles. The normalized spacial score (nSPS) is 10.5. The second-order valence-electron chi connectivity index (χ2n) is 3.23. The van der Waals surface area contributed by atoms with E-state index in [-0.39, 0.29) is 0 Å². The maximum atomic E-state index is 13.0. The average molecular weight is 259 g/mol. The second-order valence-corrected chi connectivity index (χ2v) is 4.02. The van der Waals surface area contributed by atoms with Gasteiger partial charge in [0.05, 0.1) is 10.0 Å². The van der Waals surface area contributed by atoms with Crippen molar-refractivity contribution in [3.05, 3.63) is 58.1 Å². The molecule has 16 heavy (non-hydrogen) atoms. The van der Waals surface area contributed by atoms with Crippen molar-refractivity contribution in [3.8, 4) is 11.1 Å². The highest BCUT2D eigenvalue weighted by molar-refractivity contribution is 6.43. The predicted octanol–water partition coefficient (Wildman–Crippen LogP) is 4.94. The summed E-state index contributed by atoms with van der Waals surface area (Å²) in [5.41, 5.74) is 1.07. The summed E-state index contributed by atoms with van der Waals surface area (Å²) in [5.74, 6) is -1.80. The highest BCUT2D eigenvalue weighted by Crippen LogP contribution is 2.33. The van der Waals surface area contributed by atoms with E-state index in [0.717, 1.165) is 12.1 Å². The first-order valence-corrected chi connectivity index (χ1v) is 5.24. The molecule has 0 aliphatic heterocycles. The number of rotatable bonds is 1. The summed E-state index contributed by atoms with van der Waals surface area (Å²) >= 11 is 11.8. The van der Waals surface area contributed by atoms with Crippen LogP contribution in [0.3, 0.4) is 0 Å². The van der Waals surface area contributed by atoms with E-state index in [2.05, 4.69) is 0 Å². The third kappa shape index (κ3) is 2.04. The van der Waals surface area contributed by atoms with E-state index in [1.165, 1.54) is 6.07 Å². The maximum absolute atomic E-state index is 13.0. The van der Waals surface area contributed by atoms with E-state index >= 15 is 0 Å². The van der Waals surface area contributed by atoms with Gasteiger partial charge in [-0.1, -0.05) is 41.4 Å². The average Bonchev–Trinajstić information content (AvgIpc) is 2.26. The standard InChI is InChI=1S/C12H6Cl2F2/c13-9-3-1-2-8(12(9)14)7-4-5-10(15)11(16)6-7/h1-6H. The fourth-order valence-electron chi connectivity index (χ4n) is 1.39. The van der Waals surface area contributed by atoms with Crippen LogP contribution in [0.5, 0.6) is 0 Å². The Bertz CT molecular complexity index is 539. The van der Waals surface area contributed by atoms with Gasteiger partial charge in [0.1, 0.15) is 0 Å². The summed E-state index contributed by atoms with van der Waals surface area (Å²) < 4.78 is 25.8. The van der Waals surface area contributed by atoms with Crippen LogP contribution >= 0.6 is 23.2 Å². The van der Waals surface area contributed by atoms with Gasteiger partial charge in [-0.15, -0.1) is 0 Å². The van der Waals surface area contributed by atoms with Crippen LogP contribution in [-0.2, 0) is 0 Å². The van der Waals surface area contributed by atoms with Gasteiger partial charge in [-0.3, -0.25) is 0 Å². The summed E-state index contributed by atoms with van der Waals surface area (Å²) in [5, 5.41) is 0.707. The topological polar surface area (TPSA) is 0 Å². The van der Waals surface area contributed by atoms with Gasteiger partial charge >= 0.3 is 0 Å². The lowest BCUT2D eigenvalue weighted by atomic mass is 10.1. The van der Waals surface area contributed by atoms with Gasteiger partial charge in [0, 0.05) is 5.56 Å². The van der Waals surface area contributed by atoms with Gasteiger partial charge < -0.3 is 0 Å². The fourth-order valence-corrected chi connectivity index (χ4v) is 1.80. The van der Waals surface area contributed by atoms with Crippen molar-refractivity contribution >= 4 is 23.2 Å². The lowest BCUT2D eigenvalue weighted by Crippen LogP contribution is -1.86. The highest BCUT2D eigenvalue weighted by atomic mass is 35.5. The zero-order valence-corrected chi connectivity index (χ0v) is 9.49. The molecule has 0 bridgehead atoms. The first-order valence-electron chi connectivity index (χ1n) is 4.49. The van der Waals surface area contributed by atoms with Crippen molar-refractivity contribution in [2.75, 3.05) is 0 Å². The number of halogens is 4. The molecule has 0 aliphatic rings. The molecule has 2 aromatic rings. The molecule has 0 unspecified atom stereocenters. The van der Waals surface area contributed by atoms with E-state index in [0.29, 0.717) is 21.2 Å². The molecule has 0 fully saturated rings. The monoisotopic (exact) mass is 258 g/mol. The Labute approximate surface area is 101 Å². The highest BCUT2D eigenvalue weighted by Gasteiger charge is 2.09. The second kappa shape index (κ2) is 4.40. The Kier molecular flexibility index (Phi) is 3.13. The summed E-state index contributed by atoms with van der Waals surface area (Å²) in [7, 11) is 0. The fraction of sp³-hybridized carbons (Fsp3) is 0. The summed E-state index contributed by atoms with van der Waals surface area (Å²) in [6, 6.07) is 8.63.